The molecule has 1 aliphatic heterocycles. The largest absolute Gasteiger partial charge is 0.490 e. The normalized spacial score (nSPS) is 24.8. The molecular weight excluding hydrogens is 363 g/mol. The molecule has 1 saturated heterocycles. The van der Waals surface area contributed by atoms with Gasteiger partial charge in [-0.2, -0.15) is 0 Å². The number of benzene rings is 1. The lowest BCUT2D eigenvalue weighted by Crippen LogP contribution is -2.54. The van der Waals surface area contributed by atoms with Gasteiger partial charge in [-0.05, 0) is 25.0 Å². The van der Waals surface area contributed by atoms with E-state index in [0.717, 1.165) is 19.4 Å². The van der Waals surface area contributed by atoms with Gasteiger partial charge in [0, 0.05) is 38.9 Å². The van der Waals surface area contributed by atoms with Crippen molar-refractivity contribution in [1.82, 2.24) is 9.80 Å². The van der Waals surface area contributed by atoms with Crippen LogP contribution in [0.1, 0.15) is 32.1 Å². The first-order valence-electron chi connectivity index (χ1n) is 10.1. The smallest absolute Gasteiger partial charge is 0.248 e. The van der Waals surface area contributed by atoms with Crippen LogP contribution in [0, 0.1) is 5.82 Å². The van der Waals surface area contributed by atoms with E-state index < -0.39 is 5.60 Å². The maximum absolute atomic E-state index is 13.4. The fourth-order valence-corrected chi connectivity index (χ4v) is 4.24. The molecule has 2 fully saturated rings. The van der Waals surface area contributed by atoms with Crippen molar-refractivity contribution in [2.45, 2.75) is 43.7 Å². The molecular formula is C21H31FN2O4. The second kappa shape index (κ2) is 9.67. The van der Waals surface area contributed by atoms with E-state index >= 15 is 0 Å². The van der Waals surface area contributed by atoms with Gasteiger partial charge in [-0.3, -0.25) is 9.69 Å². The number of rotatable bonds is 6. The van der Waals surface area contributed by atoms with Crippen molar-refractivity contribution in [2.75, 3.05) is 46.5 Å². The molecule has 1 amide bonds. The Hall–Kier alpha value is -1.70. The summed E-state index contributed by atoms with van der Waals surface area (Å²) in [6.45, 7) is 1.88. The molecule has 0 spiro atoms. The van der Waals surface area contributed by atoms with Crippen molar-refractivity contribution in [1.29, 1.82) is 0 Å². The monoisotopic (exact) mass is 394 g/mol. The number of β-amino-alcohol motifs (C(OH)–C–C–N with tert-alkyl or cyclic N) is 1. The fraction of sp³-hybridized carbons (Fsp3) is 0.667. The average Bonchev–Trinajstić information content (AvgIpc) is 2.87. The average molecular weight is 394 g/mol. The van der Waals surface area contributed by atoms with Crippen LogP contribution in [0.2, 0.25) is 0 Å². The Labute approximate surface area is 166 Å². The topological polar surface area (TPSA) is 62.2 Å². The number of carbonyl (C=O) groups is 1. The molecule has 1 N–H and O–H groups in total. The molecule has 2 aliphatic rings. The molecule has 6 nitrogen and oxygen atoms in total. The van der Waals surface area contributed by atoms with Crippen LogP contribution in [0.5, 0.6) is 5.75 Å². The molecule has 1 heterocycles. The Balaban J connectivity index is 1.73. The van der Waals surface area contributed by atoms with Crippen LogP contribution in [0.4, 0.5) is 4.39 Å². The molecule has 0 bridgehead atoms. The molecule has 3 rings (SSSR count). The van der Waals surface area contributed by atoms with E-state index in [0.29, 0.717) is 24.9 Å². The second-order valence-corrected chi connectivity index (χ2v) is 7.98. The van der Waals surface area contributed by atoms with Crippen molar-refractivity contribution in [2.24, 2.45) is 0 Å². The summed E-state index contributed by atoms with van der Waals surface area (Å²) in [5.74, 6) is -0.153. The number of hydrogen-bond donors (Lipinski definition) is 1. The molecule has 1 atom stereocenters. The van der Waals surface area contributed by atoms with E-state index in [2.05, 4.69) is 4.90 Å². The van der Waals surface area contributed by atoms with Gasteiger partial charge < -0.3 is 19.5 Å². The summed E-state index contributed by atoms with van der Waals surface area (Å²) >= 11 is 0. The molecule has 1 aliphatic carbocycles. The Kier molecular flexibility index (Phi) is 7.26. The number of nitrogens with zero attached hydrogens (tertiary/aromatic N) is 2. The van der Waals surface area contributed by atoms with Crippen LogP contribution >= 0.6 is 0 Å². The Morgan fingerprint density at radius 2 is 2.04 bits per heavy atom. The standard InChI is InChI=1S/C21H31FN2O4/c1-27-13-20(25)24-11-10-23(18-7-3-2-4-8-18)14-21(26,15-24)16-28-19-9-5-6-17(22)12-19/h5-6,9,12,18,26H,2-4,7-8,10-11,13-16H2,1H3/t21-/m0/s1. The fourth-order valence-electron chi connectivity index (χ4n) is 4.24. The molecule has 7 heteroatoms. The quantitative estimate of drug-likeness (QED) is 0.800. The highest BCUT2D eigenvalue weighted by molar-refractivity contribution is 5.77. The summed E-state index contributed by atoms with van der Waals surface area (Å²) in [7, 11) is 1.49. The van der Waals surface area contributed by atoms with Gasteiger partial charge in [0.05, 0.1) is 6.54 Å². The predicted octanol–water partition coefficient (Wildman–Crippen LogP) is 2.06. The van der Waals surface area contributed by atoms with Gasteiger partial charge in [0.25, 0.3) is 0 Å². The lowest BCUT2D eigenvalue weighted by Gasteiger charge is -2.37. The third kappa shape index (κ3) is 5.65. The van der Waals surface area contributed by atoms with E-state index in [-0.39, 0.29) is 31.5 Å². The maximum Gasteiger partial charge on any atom is 0.248 e. The number of halogens is 1. The van der Waals surface area contributed by atoms with Gasteiger partial charge in [-0.15, -0.1) is 0 Å². The van der Waals surface area contributed by atoms with Gasteiger partial charge in [-0.1, -0.05) is 25.3 Å². The summed E-state index contributed by atoms with van der Waals surface area (Å²) in [6, 6.07) is 6.31. The minimum Gasteiger partial charge on any atom is -0.490 e. The molecule has 1 aromatic carbocycles. The Bertz CT molecular complexity index is 653. The summed E-state index contributed by atoms with van der Waals surface area (Å²) in [5, 5.41) is 11.4. The summed E-state index contributed by atoms with van der Waals surface area (Å²) in [4.78, 5) is 16.4. The van der Waals surface area contributed by atoms with Crippen molar-refractivity contribution < 1.29 is 23.8 Å². The molecule has 156 valence electrons. The summed E-state index contributed by atoms with van der Waals surface area (Å²) in [5.41, 5.74) is -1.23. The summed E-state index contributed by atoms with van der Waals surface area (Å²) in [6.07, 6.45) is 5.90. The number of carbonyl (C=O) groups excluding carboxylic acids is 1. The zero-order chi connectivity index (χ0) is 20.0. The van der Waals surface area contributed by atoms with E-state index in [1.54, 1.807) is 17.0 Å². The van der Waals surface area contributed by atoms with Gasteiger partial charge >= 0.3 is 0 Å². The third-order valence-corrected chi connectivity index (χ3v) is 5.65. The molecule has 28 heavy (non-hydrogen) atoms. The van der Waals surface area contributed by atoms with E-state index in [9.17, 15) is 14.3 Å². The molecule has 1 saturated carbocycles. The highest BCUT2D eigenvalue weighted by Crippen LogP contribution is 2.26. The summed E-state index contributed by atoms with van der Waals surface area (Å²) < 4.78 is 24.1. The van der Waals surface area contributed by atoms with Gasteiger partial charge in [-0.25, -0.2) is 4.39 Å². The van der Waals surface area contributed by atoms with E-state index in [4.69, 9.17) is 9.47 Å². The Morgan fingerprint density at radius 1 is 1.25 bits per heavy atom. The van der Waals surface area contributed by atoms with Crippen LogP contribution in [-0.2, 0) is 9.53 Å². The highest BCUT2D eigenvalue weighted by Gasteiger charge is 2.39. The SMILES string of the molecule is COCC(=O)N1CCN(C2CCCCC2)C[C@@](O)(COc2cccc(F)c2)C1. The zero-order valence-corrected chi connectivity index (χ0v) is 16.6. The van der Waals surface area contributed by atoms with Crippen LogP contribution < -0.4 is 4.74 Å². The third-order valence-electron chi connectivity index (χ3n) is 5.65. The molecule has 1 aromatic rings. The first-order chi connectivity index (χ1) is 13.5. The number of aliphatic hydroxyl groups is 1. The number of ether oxygens (including phenoxy) is 2. The minimum absolute atomic E-state index is 0.00354. The van der Waals surface area contributed by atoms with Gasteiger partial charge in [0.1, 0.15) is 30.4 Å². The zero-order valence-electron chi connectivity index (χ0n) is 16.6. The van der Waals surface area contributed by atoms with Crippen LogP contribution in [0.25, 0.3) is 0 Å². The van der Waals surface area contributed by atoms with Crippen molar-refractivity contribution in [3.8, 4) is 5.75 Å². The number of hydrogen-bond acceptors (Lipinski definition) is 5. The second-order valence-electron chi connectivity index (χ2n) is 7.98. The van der Waals surface area contributed by atoms with Gasteiger partial charge in [0.2, 0.25) is 5.91 Å². The van der Waals surface area contributed by atoms with Crippen LogP contribution in [-0.4, -0.2) is 79.0 Å². The number of amides is 1. The predicted molar refractivity (Wildman–Crippen MR) is 104 cm³/mol. The van der Waals surface area contributed by atoms with E-state index in [1.807, 2.05) is 0 Å². The molecule has 0 unspecified atom stereocenters. The molecule has 0 aromatic heterocycles. The van der Waals surface area contributed by atoms with Crippen molar-refractivity contribution >= 4 is 5.91 Å². The van der Waals surface area contributed by atoms with Crippen LogP contribution in [0.15, 0.2) is 24.3 Å². The van der Waals surface area contributed by atoms with Crippen molar-refractivity contribution in [3.63, 3.8) is 0 Å². The maximum atomic E-state index is 13.4. The lowest BCUT2D eigenvalue weighted by molar-refractivity contribution is -0.138. The first kappa shape index (κ1) is 21.0. The number of methoxy groups -OCH3 is 1. The van der Waals surface area contributed by atoms with Gasteiger partial charge in [0.15, 0.2) is 0 Å². The van der Waals surface area contributed by atoms with E-state index in [1.165, 1.54) is 38.5 Å². The minimum atomic E-state index is -1.23. The lowest BCUT2D eigenvalue weighted by atomic mass is 9.93. The van der Waals surface area contributed by atoms with Crippen molar-refractivity contribution in [3.05, 3.63) is 30.1 Å². The van der Waals surface area contributed by atoms with Crippen LogP contribution in [0.3, 0.4) is 0 Å². The Morgan fingerprint density at radius 3 is 2.75 bits per heavy atom. The highest BCUT2D eigenvalue weighted by atomic mass is 19.1. The first-order valence-corrected chi connectivity index (χ1v) is 10.1. The molecule has 0 radical (unpaired) electrons.